The van der Waals surface area contributed by atoms with Gasteiger partial charge in [0.25, 0.3) is 0 Å². The second kappa shape index (κ2) is 8.62. The van der Waals surface area contributed by atoms with E-state index in [2.05, 4.69) is 20.6 Å². The molecule has 2 aromatic rings. The number of aromatic nitrogens is 1. The number of pyridine rings is 1. The molecule has 0 unspecified atom stereocenters. The minimum absolute atomic E-state index is 0.340. The Hall–Kier alpha value is -2.41. The van der Waals surface area contributed by atoms with Crippen molar-refractivity contribution >= 4 is 15.8 Å². The zero-order valence-electron chi connectivity index (χ0n) is 14.8. The van der Waals surface area contributed by atoms with Crippen LogP contribution in [0, 0.1) is 6.92 Å². The van der Waals surface area contributed by atoms with Gasteiger partial charge in [0.05, 0.1) is 17.1 Å². The quantitative estimate of drug-likeness (QED) is 0.605. The molecule has 0 radical (unpaired) electrons. The number of hydrogen-bond donors (Lipinski definition) is 2. The Morgan fingerprint density at radius 3 is 2.48 bits per heavy atom. The number of aryl methyl sites for hydroxylation is 1. The van der Waals surface area contributed by atoms with Crippen molar-refractivity contribution in [2.45, 2.75) is 24.8 Å². The third-order valence-electron chi connectivity index (χ3n) is 3.82. The van der Waals surface area contributed by atoms with Gasteiger partial charge >= 0.3 is 0 Å². The van der Waals surface area contributed by atoms with E-state index in [-0.39, 0.29) is 0 Å². The van der Waals surface area contributed by atoms with Crippen molar-refractivity contribution in [2.75, 3.05) is 19.8 Å². The topological polar surface area (TPSA) is 83.5 Å². The third kappa shape index (κ3) is 5.86. The maximum absolute atomic E-state index is 11.5. The van der Waals surface area contributed by atoms with E-state index in [1.54, 1.807) is 25.4 Å². The van der Waals surface area contributed by atoms with Gasteiger partial charge in [0.2, 0.25) is 0 Å². The van der Waals surface area contributed by atoms with Crippen LogP contribution in [0.15, 0.2) is 52.5 Å². The summed E-state index contributed by atoms with van der Waals surface area (Å²) >= 11 is 0. The summed E-state index contributed by atoms with van der Waals surface area (Å²) in [5.41, 5.74) is 3.19. The number of sulfone groups is 1. The minimum Gasteiger partial charge on any atom is -0.356 e. The second-order valence-electron chi connectivity index (χ2n) is 5.79. The van der Waals surface area contributed by atoms with Gasteiger partial charge in [-0.05, 0) is 42.7 Å². The van der Waals surface area contributed by atoms with Crippen LogP contribution < -0.4 is 10.6 Å². The highest BCUT2D eigenvalue weighted by Crippen LogP contribution is 2.10. The minimum atomic E-state index is -3.15. The molecule has 0 fully saturated rings. The molecule has 0 spiro atoms. The van der Waals surface area contributed by atoms with E-state index >= 15 is 0 Å². The number of aliphatic imine (C=N–C) groups is 1. The van der Waals surface area contributed by atoms with Gasteiger partial charge in [-0.15, -0.1) is 0 Å². The van der Waals surface area contributed by atoms with Crippen LogP contribution >= 0.6 is 0 Å². The summed E-state index contributed by atoms with van der Waals surface area (Å²) in [4.78, 5) is 8.88. The molecule has 2 rings (SSSR count). The lowest BCUT2D eigenvalue weighted by atomic mass is 10.1. The van der Waals surface area contributed by atoms with Crippen molar-refractivity contribution in [3.63, 3.8) is 0 Å². The molecule has 25 heavy (non-hydrogen) atoms. The van der Waals surface area contributed by atoms with Crippen molar-refractivity contribution in [2.24, 2.45) is 4.99 Å². The van der Waals surface area contributed by atoms with Crippen LogP contribution in [-0.4, -0.2) is 39.2 Å². The maximum Gasteiger partial charge on any atom is 0.191 e. The molecule has 134 valence electrons. The van der Waals surface area contributed by atoms with Gasteiger partial charge < -0.3 is 10.6 Å². The monoisotopic (exact) mass is 360 g/mol. The van der Waals surface area contributed by atoms with Gasteiger partial charge in [0, 0.05) is 26.0 Å². The van der Waals surface area contributed by atoms with E-state index in [9.17, 15) is 8.42 Å². The molecule has 1 heterocycles. The first-order valence-corrected chi connectivity index (χ1v) is 9.93. The van der Waals surface area contributed by atoms with Crippen molar-refractivity contribution < 1.29 is 8.42 Å². The average molecular weight is 360 g/mol. The number of guanidine groups is 1. The second-order valence-corrected chi connectivity index (χ2v) is 7.80. The SMILES string of the molecule is CN=C(NCCc1ccc(S(C)(=O)=O)cc1)NCc1ncccc1C. The van der Waals surface area contributed by atoms with Gasteiger partial charge in [-0.25, -0.2) is 8.42 Å². The van der Waals surface area contributed by atoms with Crippen LogP contribution in [0.3, 0.4) is 0 Å². The number of rotatable bonds is 6. The van der Waals surface area contributed by atoms with E-state index < -0.39 is 9.84 Å². The maximum atomic E-state index is 11.5. The molecule has 1 aromatic carbocycles. The Morgan fingerprint density at radius 2 is 1.88 bits per heavy atom. The van der Waals surface area contributed by atoms with Crippen molar-refractivity contribution in [1.82, 2.24) is 15.6 Å². The molecule has 0 amide bonds. The molecule has 0 aliphatic heterocycles. The highest BCUT2D eigenvalue weighted by Gasteiger charge is 2.06. The predicted octanol–water partition coefficient (Wildman–Crippen LogP) is 1.70. The molecule has 6 nitrogen and oxygen atoms in total. The Labute approximate surface area is 149 Å². The number of benzene rings is 1. The Balaban J connectivity index is 1.82. The largest absolute Gasteiger partial charge is 0.356 e. The van der Waals surface area contributed by atoms with Crippen LogP contribution in [0.4, 0.5) is 0 Å². The van der Waals surface area contributed by atoms with Crippen molar-refractivity contribution in [3.05, 3.63) is 59.4 Å². The zero-order chi connectivity index (χ0) is 18.3. The lowest BCUT2D eigenvalue weighted by molar-refractivity contribution is 0.602. The Bertz CT molecular complexity index is 830. The highest BCUT2D eigenvalue weighted by atomic mass is 32.2. The van der Waals surface area contributed by atoms with E-state index in [0.29, 0.717) is 23.9 Å². The van der Waals surface area contributed by atoms with Crippen molar-refractivity contribution in [1.29, 1.82) is 0 Å². The first kappa shape index (κ1) is 18.9. The fourth-order valence-corrected chi connectivity index (χ4v) is 2.95. The van der Waals surface area contributed by atoms with Gasteiger partial charge in [-0.2, -0.15) is 0 Å². The van der Waals surface area contributed by atoms with Gasteiger partial charge in [0.1, 0.15) is 0 Å². The molecular formula is C18H24N4O2S. The zero-order valence-corrected chi connectivity index (χ0v) is 15.6. The summed E-state index contributed by atoms with van der Waals surface area (Å²) < 4.78 is 22.9. The summed E-state index contributed by atoms with van der Waals surface area (Å²) in [5.74, 6) is 0.706. The third-order valence-corrected chi connectivity index (χ3v) is 4.95. The Morgan fingerprint density at radius 1 is 1.16 bits per heavy atom. The molecule has 0 bridgehead atoms. The molecule has 0 aliphatic carbocycles. The lowest BCUT2D eigenvalue weighted by Gasteiger charge is -2.12. The summed E-state index contributed by atoms with van der Waals surface area (Å²) in [6.45, 7) is 3.33. The molecule has 7 heteroatoms. The highest BCUT2D eigenvalue weighted by molar-refractivity contribution is 7.90. The van der Waals surface area contributed by atoms with Gasteiger partial charge in [-0.1, -0.05) is 18.2 Å². The molecule has 0 atom stereocenters. The van der Waals surface area contributed by atoms with E-state index in [1.165, 1.54) is 6.26 Å². The van der Waals surface area contributed by atoms with E-state index in [1.807, 2.05) is 31.2 Å². The molecule has 1 aromatic heterocycles. The summed E-state index contributed by atoms with van der Waals surface area (Å²) in [5, 5.41) is 6.48. The van der Waals surface area contributed by atoms with E-state index in [0.717, 1.165) is 23.2 Å². The van der Waals surface area contributed by atoms with Crippen LogP contribution in [0.1, 0.15) is 16.8 Å². The van der Waals surface area contributed by atoms with Gasteiger partial charge in [0.15, 0.2) is 15.8 Å². The summed E-state index contributed by atoms with van der Waals surface area (Å²) in [6, 6.07) is 10.9. The number of nitrogens with one attached hydrogen (secondary N) is 2. The molecule has 2 N–H and O–H groups in total. The molecule has 0 aliphatic rings. The Kier molecular flexibility index (Phi) is 6.52. The predicted molar refractivity (Wildman–Crippen MR) is 100 cm³/mol. The fraction of sp³-hybridized carbons (Fsp3) is 0.333. The fourth-order valence-electron chi connectivity index (χ4n) is 2.32. The molecule has 0 saturated heterocycles. The van der Waals surface area contributed by atoms with E-state index in [4.69, 9.17) is 0 Å². The standard InChI is InChI=1S/C18H24N4O2S/c1-14-5-4-11-20-17(14)13-22-18(19-2)21-12-10-15-6-8-16(9-7-15)25(3,23)24/h4-9,11H,10,12-13H2,1-3H3,(H2,19,21,22). The lowest BCUT2D eigenvalue weighted by Crippen LogP contribution is -2.38. The molecule has 0 saturated carbocycles. The van der Waals surface area contributed by atoms with Crippen molar-refractivity contribution in [3.8, 4) is 0 Å². The smallest absolute Gasteiger partial charge is 0.191 e. The summed E-state index contributed by atoms with van der Waals surface area (Å²) in [7, 11) is -1.42. The van der Waals surface area contributed by atoms with Crippen LogP contribution in [0.2, 0.25) is 0 Å². The number of nitrogens with zero attached hydrogens (tertiary/aromatic N) is 2. The van der Waals surface area contributed by atoms with Gasteiger partial charge in [-0.3, -0.25) is 9.98 Å². The normalized spacial score (nSPS) is 12.0. The first-order valence-electron chi connectivity index (χ1n) is 8.04. The number of hydrogen-bond acceptors (Lipinski definition) is 4. The summed E-state index contributed by atoms with van der Waals surface area (Å²) in [6.07, 6.45) is 3.76. The molecular weight excluding hydrogens is 336 g/mol. The average Bonchev–Trinajstić information content (AvgIpc) is 2.59. The van der Waals surface area contributed by atoms with Crippen LogP contribution in [0.25, 0.3) is 0 Å². The van der Waals surface area contributed by atoms with Crippen LogP contribution in [0.5, 0.6) is 0 Å². The first-order chi connectivity index (χ1) is 11.9. The van der Waals surface area contributed by atoms with Crippen LogP contribution in [-0.2, 0) is 22.8 Å².